The molecule has 3 rings (SSSR count). The van der Waals surface area contributed by atoms with Gasteiger partial charge in [-0.1, -0.05) is 0 Å². The molecule has 1 aromatic heterocycles. The van der Waals surface area contributed by atoms with E-state index in [1.165, 1.54) is 25.6 Å². The number of ether oxygens (including phenoxy) is 1. The normalized spacial score (nSPS) is 23.3. The van der Waals surface area contributed by atoms with Gasteiger partial charge in [-0.2, -0.15) is 0 Å². The number of methoxy groups -OCH3 is 1. The number of pyridine rings is 1. The molecule has 0 atom stereocenters. The van der Waals surface area contributed by atoms with Crippen molar-refractivity contribution in [1.29, 1.82) is 0 Å². The molecule has 0 radical (unpaired) electrons. The molecular weight excluding hydrogens is 346 g/mol. The van der Waals surface area contributed by atoms with Crippen LogP contribution in [0, 0.1) is 5.92 Å². The monoisotopic (exact) mass is 369 g/mol. The van der Waals surface area contributed by atoms with Crippen LogP contribution in [0.15, 0.2) is 23.4 Å². The minimum atomic E-state index is -3.66. The maximum atomic E-state index is 12.4. The van der Waals surface area contributed by atoms with E-state index in [9.17, 15) is 13.2 Å². The van der Waals surface area contributed by atoms with Crippen LogP contribution in [0.5, 0.6) is 5.75 Å². The fraction of sp³-hybridized carbons (Fsp3) is 0.625. The molecule has 1 aromatic rings. The summed E-state index contributed by atoms with van der Waals surface area (Å²) in [4.78, 5) is 16.9. The molecule has 0 bridgehead atoms. The van der Waals surface area contributed by atoms with E-state index >= 15 is 0 Å². The molecule has 9 heteroatoms. The fourth-order valence-corrected chi connectivity index (χ4v) is 4.31. The Balaban J connectivity index is 1.57. The van der Waals surface area contributed by atoms with Crippen LogP contribution in [0.1, 0.15) is 25.7 Å². The van der Waals surface area contributed by atoms with Gasteiger partial charge in [0, 0.05) is 30.9 Å². The number of carboxylic acid groups (broad SMARTS) is 1. The summed E-state index contributed by atoms with van der Waals surface area (Å²) < 4.78 is 32.5. The molecule has 0 unspecified atom stereocenters. The summed E-state index contributed by atoms with van der Waals surface area (Å²) in [5, 5.41) is 9.06. The third kappa shape index (κ3) is 4.68. The van der Waals surface area contributed by atoms with Crippen molar-refractivity contribution in [3.63, 3.8) is 0 Å². The fourth-order valence-electron chi connectivity index (χ4n) is 3.08. The number of carboxylic acids is 1. The first-order chi connectivity index (χ1) is 11.9. The van der Waals surface area contributed by atoms with Gasteiger partial charge in [-0.05, 0) is 31.6 Å². The number of aromatic nitrogens is 1. The lowest BCUT2D eigenvalue weighted by Gasteiger charge is -2.42. The topological polar surface area (TPSA) is 109 Å². The summed E-state index contributed by atoms with van der Waals surface area (Å²) in [6.45, 7) is 0.802. The molecule has 25 heavy (non-hydrogen) atoms. The van der Waals surface area contributed by atoms with Crippen molar-refractivity contribution >= 4 is 16.0 Å². The predicted octanol–water partition coefficient (Wildman–Crippen LogP) is 0.696. The summed E-state index contributed by atoms with van der Waals surface area (Å²) in [6, 6.07) is 1.36. The second-order valence-corrected chi connectivity index (χ2v) is 8.48. The summed E-state index contributed by atoms with van der Waals surface area (Å²) in [5.41, 5.74) is 0. The standard InChI is InChI=1S/C16H23N3O5S/c1-24-14-6-15(8-17-7-14)25(22,23)18-12-4-13(5-12)19(10-16(20)21)9-11-2-3-11/h6-8,11-13,18H,2-5,9-10H2,1H3,(H,20,21). The number of rotatable bonds is 9. The summed E-state index contributed by atoms with van der Waals surface area (Å²) in [7, 11) is -2.21. The molecule has 1 heterocycles. The Morgan fingerprint density at radius 1 is 1.40 bits per heavy atom. The molecule has 2 fully saturated rings. The van der Waals surface area contributed by atoms with Gasteiger partial charge in [0.25, 0.3) is 0 Å². The van der Waals surface area contributed by atoms with Crippen molar-refractivity contribution in [3.8, 4) is 5.75 Å². The summed E-state index contributed by atoms with van der Waals surface area (Å²) in [5.74, 6) is 0.136. The van der Waals surface area contributed by atoms with Gasteiger partial charge >= 0.3 is 5.97 Å². The molecule has 138 valence electrons. The molecule has 8 nitrogen and oxygen atoms in total. The maximum Gasteiger partial charge on any atom is 0.317 e. The van der Waals surface area contributed by atoms with Crippen LogP contribution < -0.4 is 9.46 Å². The molecule has 0 spiro atoms. The molecule has 0 amide bonds. The van der Waals surface area contributed by atoms with Gasteiger partial charge in [0.1, 0.15) is 10.6 Å². The van der Waals surface area contributed by atoms with Crippen molar-refractivity contribution in [1.82, 2.24) is 14.6 Å². The first-order valence-electron chi connectivity index (χ1n) is 8.34. The average Bonchev–Trinajstić information content (AvgIpc) is 3.33. The van der Waals surface area contributed by atoms with E-state index in [4.69, 9.17) is 9.84 Å². The van der Waals surface area contributed by atoms with Crippen molar-refractivity contribution < 1.29 is 23.1 Å². The van der Waals surface area contributed by atoms with E-state index in [1.54, 1.807) is 0 Å². The molecule has 2 aliphatic carbocycles. The molecule has 2 aliphatic rings. The molecule has 0 aromatic carbocycles. The number of sulfonamides is 1. The van der Waals surface area contributed by atoms with Gasteiger partial charge < -0.3 is 9.84 Å². The zero-order valence-corrected chi connectivity index (χ0v) is 14.9. The zero-order valence-electron chi connectivity index (χ0n) is 14.1. The van der Waals surface area contributed by atoms with Crippen LogP contribution in [0.3, 0.4) is 0 Å². The Kier molecular flexibility index (Phi) is 5.26. The number of nitrogens with zero attached hydrogens (tertiary/aromatic N) is 2. The van der Waals surface area contributed by atoms with Crippen molar-refractivity contribution in [2.24, 2.45) is 5.92 Å². The lowest BCUT2D eigenvalue weighted by Crippen LogP contribution is -2.55. The third-order valence-electron chi connectivity index (χ3n) is 4.71. The number of aliphatic carboxylic acids is 1. The van der Waals surface area contributed by atoms with Crippen LogP contribution in [-0.4, -0.2) is 61.7 Å². The lowest BCUT2D eigenvalue weighted by atomic mass is 9.86. The van der Waals surface area contributed by atoms with E-state index in [0.29, 0.717) is 24.5 Å². The van der Waals surface area contributed by atoms with Gasteiger partial charge in [0.2, 0.25) is 10.0 Å². The summed E-state index contributed by atoms with van der Waals surface area (Å²) in [6.07, 6.45) is 6.28. The SMILES string of the molecule is COc1cncc(S(=O)(=O)NC2CC(N(CC(=O)O)CC3CC3)C2)c1. The Bertz CT molecular complexity index is 729. The van der Waals surface area contributed by atoms with E-state index in [2.05, 4.69) is 9.71 Å². The van der Waals surface area contributed by atoms with Crippen LogP contribution in [0.2, 0.25) is 0 Å². The molecule has 0 saturated heterocycles. The first kappa shape index (κ1) is 18.1. The van der Waals surface area contributed by atoms with Crippen molar-refractivity contribution in [3.05, 3.63) is 18.5 Å². The summed E-state index contributed by atoms with van der Waals surface area (Å²) >= 11 is 0. The van der Waals surface area contributed by atoms with Crippen molar-refractivity contribution in [2.45, 2.75) is 42.7 Å². The average molecular weight is 369 g/mol. The number of hydrogen-bond acceptors (Lipinski definition) is 6. The lowest BCUT2D eigenvalue weighted by molar-refractivity contribution is -0.139. The molecule has 2 saturated carbocycles. The highest BCUT2D eigenvalue weighted by molar-refractivity contribution is 7.89. The minimum Gasteiger partial charge on any atom is -0.495 e. The van der Waals surface area contributed by atoms with Gasteiger partial charge in [0.15, 0.2) is 0 Å². The zero-order chi connectivity index (χ0) is 18.0. The van der Waals surface area contributed by atoms with Crippen LogP contribution in [0.25, 0.3) is 0 Å². The van der Waals surface area contributed by atoms with E-state index < -0.39 is 16.0 Å². The molecule has 0 aliphatic heterocycles. The van der Waals surface area contributed by atoms with Crippen LogP contribution in [0.4, 0.5) is 0 Å². The van der Waals surface area contributed by atoms with E-state index in [0.717, 1.165) is 19.4 Å². The predicted molar refractivity (Wildman–Crippen MR) is 89.9 cm³/mol. The molecule has 2 N–H and O–H groups in total. The Labute approximate surface area is 147 Å². The number of carbonyl (C=O) groups is 1. The smallest absolute Gasteiger partial charge is 0.317 e. The highest BCUT2D eigenvalue weighted by atomic mass is 32.2. The minimum absolute atomic E-state index is 0.0143. The molecular formula is C16H23N3O5S. The van der Waals surface area contributed by atoms with E-state index in [1.807, 2.05) is 4.90 Å². The highest BCUT2D eigenvalue weighted by Crippen LogP contribution is 2.34. The van der Waals surface area contributed by atoms with Gasteiger partial charge in [-0.3, -0.25) is 14.7 Å². The highest BCUT2D eigenvalue weighted by Gasteiger charge is 2.38. The second-order valence-electron chi connectivity index (χ2n) is 6.77. The first-order valence-corrected chi connectivity index (χ1v) is 9.83. The Hall–Kier alpha value is -1.71. The quantitative estimate of drug-likeness (QED) is 0.659. The van der Waals surface area contributed by atoms with Gasteiger partial charge in [-0.25, -0.2) is 13.1 Å². The van der Waals surface area contributed by atoms with Crippen molar-refractivity contribution in [2.75, 3.05) is 20.2 Å². The van der Waals surface area contributed by atoms with Crippen LogP contribution >= 0.6 is 0 Å². The Morgan fingerprint density at radius 2 is 2.12 bits per heavy atom. The Morgan fingerprint density at radius 3 is 2.72 bits per heavy atom. The second kappa shape index (κ2) is 7.27. The van der Waals surface area contributed by atoms with Crippen LogP contribution in [-0.2, 0) is 14.8 Å². The number of hydrogen-bond donors (Lipinski definition) is 2. The van der Waals surface area contributed by atoms with E-state index in [-0.39, 0.29) is 23.5 Å². The largest absolute Gasteiger partial charge is 0.495 e. The van der Waals surface area contributed by atoms with Gasteiger partial charge in [-0.15, -0.1) is 0 Å². The third-order valence-corrected chi connectivity index (χ3v) is 6.20. The number of nitrogens with one attached hydrogen (secondary N) is 1. The van der Waals surface area contributed by atoms with Gasteiger partial charge in [0.05, 0.1) is 19.9 Å². The maximum absolute atomic E-state index is 12.4.